The topological polar surface area (TPSA) is 77.2 Å². The highest BCUT2D eigenvalue weighted by atomic mass is 19.4. The lowest BCUT2D eigenvalue weighted by Gasteiger charge is -2.09. The lowest BCUT2D eigenvalue weighted by Crippen LogP contribution is -2.16. The number of pyridine rings is 1. The van der Waals surface area contributed by atoms with Crippen molar-refractivity contribution in [2.75, 3.05) is 7.11 Å². The van der Waals surface area contributed by atoms with Crippen LogP contribution in [0.4, 0.5) is 13.2 Å². The number of carboxylic acid groups (broad SMARTS) is 1. The number of aromatic carboxylic acids is 1. The molecule has 0 bridgehead atoms. The van der Waals surface area contributed by atoms with Gasteiger partial charge in [0.2, 0.25) is 5.88 Å². The van der Waals surface area contributed by atoms with Gasteiger partial charge in [-0.3, -0.25) is 0 Å². The first-order valence-corrected chi connectivity index (χ1v) is 5.65. The summed E-state index contributed by atoms with van der Waals surface area (Å²) >= 11 is 0. The van der Waals surface area contributed by atoms with Crippen molar-refractivity contribution < 1.29 is 27.8 Å². The third kappa shape index (κ3) is 2.81. The van der Waals surface area contributed by atoms with Crippen molar-refractivity contribution in [2.45, 2.75) is 13.2 Å². The second-order valence-electron chi connectivity index (χ2n) is 4.12. The fourth-order valence-corrected chi connectivity index (χ4v) is 1.78. The predicted octanol–water partition coefficient (Wildman–Crippen LogP) is 2.44. The quantitative estimate of drug-likeness (QED) is 0.942. The summed E-state index contributed by atoms with van der Waals surface area (Å²) < 4.78 is 42.2. The monoisotopic (exact) mass is 301 g/mol. The van der Waals surface area contributed by atoms with Gasteiger partial charge in [0, 0.05) is 23.0 Å². The first-order chi connectivity index (χ1) is 9.74. The molecule has 0 fully saturated rings. The molecule has 112 valence electrons. The molecule has 0 saturated carbocycles. The van der Waals surface area contributed by atoms with Crippen LogP contribution in [0.15, 0.2) is 18.5 Å². The average molecular weight is 301 g/mol. The third-order valence-electron chi connectivity index (χ3n) is 2.76. The number of hydrogen-bond donors (Lipinski definition) is 1. The second-order valence-corrected chi connectivity index (χ2v) is 4.12. The number of alkyl halides is 3. The van der Waals surface area contributed by atoms with Crippen LogP contribution < -0.4 is 4.74 Å². The minimum atomic E-state index is -4.64. The van der Waals surface area contributed by atoms with Crippen molar-refractivity contribution in [2.24, 2.45) is 0 Å². The Bertz CT molecular complexity index is 695. The van der Waals surface area contributed by atoms with Gasteiger partial charge in [-0.25, -0.2) is 9.78 Å². The zero-order valence-corrected chi connectivity index (χ0v) is 11.0. The van der Waals surface area contributed by atoms with Gasteiger partial charge in [-0.15, -0.1) is 13.2 Å². The van der Waals surface area contributed by atoms with Gasteiger partial charge in [-0.05, 0) is 13.0 Å². The molecule has 0 radical (unpaired) electrons. The molecule has 0 aliphatic carbocycles. The lowest BCUT2D eigenvalue weighted by molar-refractivity contribution is -0.212. The molecule has 0 atom stereocenters. The molecule has 21 heavy (non-hydrogen) atoms. The Balaban J connectivity index is 2.56. The highest BCUT2D eigenvalue weighted by Crippen LogP contribution is 2.30. The molecule has 2 aromatic rings. The van der Waals surface area contributed by atoms with Crippen molar-refractivity contribution in [3.63, 3.8) is 0 Å². The summed E-state index contributed by atoms with van der Waals surface area (Å²) in [6.45, 7) is 1.54. The van der Waals surface area contributed by atoms with Crippen LogP contribution in [0.25, 0.3) is 11.1 Å². The molecule has 2 heterocycles. The van der Waals surface area contributed by atoms with Gasteiger partial charge in [0.15, 0.2) is 0 Å². The Morgan fingerprint density at radius 2 is 2.10 bits per heavy atom. The maximum Gasteiger partial charge on any atom is 0.504 e. The van der Waals surface area contributed by atoms with Crippen LogP contribution in [0, 0.1) is 6.92 Å². The van der Waals surface area contributed by atoms with E-state index in [4.69, 9.17) is 9.84 Å². The Kier molecular flexibility index (Phi) is 3.58. The van der Waals surface area contributed by atoms with Crippen molar-refractivity contribution in [1.29, 1.82) is 0 Å². The summed E-state index contributed by atoms with van der Waals surface area (Å²) in [6, 6.07) is 1.21. The average Bonchev–Trinajstić information content (AvgIpc) is 2.87. The predicted molar refractivity (Wildman–Crippen MR) is 65.0 cm³/mol. The highest BCUT2D eigenvalue weighted by molar-refractivity contribution is 5.92. The number of aromatic nitrogens is 3. The molecule has 0 saturated heterocycles. The van der Waals surface area contributed by atoms with Crippen molar-refractivity contribution >= 4 is 5.97 Å². The molecule has 9 heteroatoms. The fourth-order valence-electron chi connectivity index (χ4n) is 1.78. The zero-order chi connectivity index (χ0) is 15.8. The highest BCUT2D eigenvalue weighted by Gasteiger charge is 2.32. The number of hydrogen-bond acceptors (Lipinski definition) is 4. The fraction of sp³-hybridized carbons (Fsp3) is 0.250. The Morgan fingerprint density at radius 3 is 2.57 bits per heavy atom. The van der Waals surface area contributed by atoms with Crippen LogP contribution in [0.2, 0.25) is 0 Å². The SMILES string of the molecule is COc1nc(C)c(-c2cnn(C(F)(F)F)c2)cc1C(=O)O. The number of methoxy groups -OCH3 is 1. The van der Waals surface area contributed by atoms with E-state index in [1.165, 1.54) is 20.1 Å². The van der Waals surface area contributed by atoms with Gasteiger partial charge in [0.05, 0.1) is 13.3 Å². The van der Waals surface area contributed by atoms with Crippen molar-refractivity contribution in [1.82, 2.24) is 14.8 Å². The molecule has 0 aromatic carbocycles. The molecule has 1 N–H and O–H groups in total. The lowest BCUT2D eigenvalue weighted by atomic mass is 10.1. The normalized spacial score (nSPS) is 11.5. The summed E-state index contributed by atoms with van der Waals surface area (Å²) in [5, 5.41) is 12.3. The smallest absolute Gasteiger partial charge is 0.480 e. The van der Waals surface area contributed by atoms with E-state index in [2.05, 4.69) is 10.1 Å². The van der Waals surface area contributed by atoms with Crippen molar-refractivity contribution in [3.05, 3.63) is 29.7 Å². The third-order valence-corrected chi connectivity index (χ3v) is 2.76. The second kappa shape index (κ2) is 5.08. The molecule has 0 aliphatic heterocycles. The van der Waals surface area contributed by atoms with Gasteiger partial charge in [0.25, 0.3) is 0 Å². The summed E-state index contributed by atoms with van der Waals surface area (Å²) in [7, 11) is 1.26. The number of carbonyl (C=O) groups is 1. The number of ether oxygens (including phenoxy) is 1. The molecule has 0 unspecified atom stereocenters. The van der Waals surface area contributed by atoms with Crippen LogP contribution in [0.5, 0.6) is 5.88 Å². The van der Waals surface area contributed by atoms with Gasteiger partial charge in [0.1, 0.15) is 5.56 Å². The van der Waals surface area contributed by atoms with E-state index >= 15 is 0 Å². The number of rotatable bonds is 3. The first kappa shape index (κ1) is 14.8. The van der Waals surface area contributed by atoms with Gasteiger partial charge in [-0.1, -0.05) is 0 Å². The molecule has 6 nitrogen and oxygen atoms in total. The Labute approximate surface area is 116 Å². The number of aryl methyl sites for hydroxylation is 1. The maximum atomic E-state index is 12.5. The molecular formula is C12H10F3N3O3. The van der Waals surface area contributed by atoms with Crippen LogP contribution in [0.3, 0.4) is 0 Å². The van der Waals surface area contributed by atoms with E-state index in [1.54, 1.807) is 0 Å². The van der Waals surface area contributed by atoms with E-state index in [0.29, 0.717) is 5.69 Å². The summed E-state index contributed by atoms with van der Waals surface area (Å²) in [5.74, 6) is -1.39. The largest absolute Gasteiger partial charge is 0.504 e. The molecule has 0 amide bonds. The minimum absolute atomic E-state index is 0.105. The van der Waals surface area contributed by atoms with E-state index < -0.39 is 12.3 Å². The summed E-state index contributed by atoms with van der Waals surface area (Å²) in [6.07, 6.45) is -2.88. The van der Waals surface area contributed by atoms with Gasteiger partial charge in [-0.2, -0.15) is 9.78 Å². The minimum Gasteiger partial charge on any atom is -0.480 e. The summed E-state index contributed by atoms with van der Waals surface area (Å²) in [5.41, 5.74) is 0.447. The summed E-state index contributed by atoms with van der Waals surface area (Å²) in [4.78, 5) is 15.1. The van der Waals surface area contributed by atoms with Gasteiger partial charge < -0.3 is 9.84 Å². The van der Waals surface area contributed by atoms with E-state index in [-0.39, 0.29) is 27.3 Å². The van der Waals surface area contributed by atoms with Crippen LogP contribution in [0.1, 0.15) is 16.1 Å². The number of halogens is 3. The van der Waals surface area contributed by atoms with E-state index in [9.17, 15) is 18.0 Å². The maximum absolute atomic E-state index is 12.5. The Morgan fingerprint density at radius 1 is 1.43 bits per heavy atom. The van der Waals surface area contributed by atoms with Gasteiger partial charge >= 0.3 is 12.3 Å². The van der Waals surface area contributed by atoms with Crippen LogP contribution in [-0.2, 0) is 6.30 Å². The molecule has 2 rings (SSSR count). The van der Waals surface area contributed by atoms with Crippen LogP contribution >= 0.6 is 0 Å². The first-order valence-electron chi connectivity index (χ1n) is 5.65. The molecular weight excluding hydrogens is 291 g/mol. The zero-order valence-electron chi connectivity index (χ0n) is 11.0. The van der Waals surface area contributed by atoms with E-state index in [1.807, 2.05) is 0 Å². The molecule has 2 aromatic heterocycles. The number of nitrogens with zero attached hydrogens (tertiary/aromatic N) is 3. The van der Waals surface area contributed by atoms with Crippen molar-refractivity contribution in [3.8, 4) is 17.0 Å². The Hall–Kier alpha value is -2.58. The van der Waals surface area contributed by atoms with Crippen LogP contribution in [-0.4, -0.2) is 33.0 Å². The number of carboxylic acids is 1. The van der Waals surface area contributed by atoms with E-state index in [0.717, 1.165) is 12.4 Å². The molecule has 0 spiro atoms. The molecule has 0 aliphatic rings. The standard InChI is InChI=1S/C12H10F3N3O3/c1-6-8(3-9(11(19)20)10(17-6)21-2)7-4-16-18(5-7)12(13,14)15/h3-5H,1-2H3,(H,19,20).